The molecule has 0 bridgehead atoms. The number of hydrogen-bond donors (Lipinski definition) is 1. The molecule has 8 heteroatoms. The molecule has 0 radical (unpaired) electrons. The van der Waals surface area contributed by atoms with Crippen molar-refractivity contribution in [2.75, 3.05) is 12.4 Å². The van der Waals surface area contributed by atoms with Gasteiger partial charge in [0, 0.05) is 5.69 Å². The summed E-state index contributed by atoms with van der Waals surface area (Å²) in [7, 11) is -2.57. The summed E-state index contributed by atoms with van der Waals surface area (Å²) in [4.78, 5) is 23.7. The maximum Gasteiger partial charge on any atom is 0.337 e. The van der Waals surface area contributed by atoms with E-state index in [-0.39, 0.29) is 15.7 Å². The predicted molar refractivity (Wildman–Crippen MR) is 96.3 cm³/mol. The Kier molecular flexibility index (Phi) is 5.09. The molecule has 27 heavy (non-hydrogen) atoms. The molecule has 3 aromatic rings. The molecule has 0 saturated heterocycles. The molecular weight excluding hydrogens is 370 g/mol. The SMILES string of the molecule is COC(=O)c1ccc(NC(=O)c2ccc(S(=O)(=O)c3ccccc3)o2)cc1. The highest BCUT2D eigenvalue weighted by atomic mass is 32.2. The number of hydrogen-bond acceptors (Lipinski definition) is 6. The summed E-state index contributed by atoms with van der Waals surface area (Å²) in [5, 5.41) is 2.25. The van der Waals surface area contributed by atoms with Crippen molar-refractivity contribution in [1.82, 2.24) is 0 Å². The van der Waals surface area contributed by atoms with Crippen LogP contribution < -0.4 is 5.32 Å². The van der Waals surface area contributed by atoms with E-state index in [1.54, 1.807) is 18.2 Å². The van der Waals surface area contributed by atoms with E-state index >= 15 is 0 Å². The van der Waals surface area contributed by atoms with E-state index in [0.717, 1.165) is 0 Å². The molecule has 1 aromatic heterocycles. The van der Waals surface area contributed by atoms with Crippen LogP contribution in [0.3, 0.4) is 0 Å². The average Bonchev–Trinajstić information content (AvgIpc) is 3.20. The van der Waals surface area contributed by atoms with Crippen LogP contribution in [0, 0.1) is 0 Å². The van der Waals surface area contributed by atoms with Crippen molar-refractivity contribution in [1.29, 1.82) is 0 Å². The van der Waals surface area contributed by atoms with Gasteiger partial charge in [-0.25, -0.2) is 13.2 Å². The molecule has 1 N–H and O–H groups in total. The molecule has 0 spiro atoms. The number of amides is 1. The van der Waals surface area contributed by atoms with Gasteiger partial charge in [-0.3, -0.25) is 4.79 Å². The normalized spacial score (nSPS) is 11.0. The van der Waals surface area contributed by atoms with E-state index in [4.69, 9.17) is 4.42 Å². The molecule has 1 amide bonds. The fourth-order valence-corrected chi connectivity index (χ4v) is 3.50. The van der Waals surface area contributed by atoms with Gasteiger partial charge in [0.1, 0.15) is 0 Å². The number of esters is 1. The highest BCUT2D eigenvalue weighted by Gasteiger charge is 2.23. The van der Waals surface area contributed by atoms with Crippen LogP contribution in [-0.2, 0) is 14.6 Å². The van der Waals surface area contributed by atoms with E-state index in [1.165, 1.54) is 55.6 Å². The Morgan fingerprint density at radius 3 is 2.22 bits per heavy atom. The third-order valence-electron chi connectivity index (χ3n) is 3.69. The number of carbonyl (C=O) groups excluding carboxylic acids is 2. The standard InChI is InChI=1S/C19H15NO6S/c1-25-19(22)13-7-9-14(10-8-13)20-18(21)16-11-12-17(26-16)27(23,24)15-5-3-2-4-6-15/h2-12H,1H3,(H,20,21). The first-order valence-electron chi connectivity index (χ1n) is 7.81. The van der Waals surface area contributed by atoms with Crippen molar-refractivity contribution in [2.45, 2.75) is 9.99 Å². The third kappa shape index (κ3) is 3.90. The number of ether oxygens (including phenoxy) is 1. The van der Waals surface area contributed by atoms with Crippen LogP contribution in [0.25, 0.3) is 0 Å². The average molecular weight is 385 g/mol. The second kappa shape index (κ2) is 7.46. The Morgan fingerprint density at radius 1 is 0.926 bits per heavy atom. The lowest BCUT2D eigenvalue weighted by Gasteiger charge is -2.04. The second-order valence-corrected chi connectivity index (χ2v) is 7.34. The van der Waals surface area contributed by atoms with Crippen LogP contribution in [0.15, 0.2) is 81.1 Å². The van der Waals surface area contributed by atoms with Crippen LogP contribution in [0.2, 0.25) is 0 Å². The van der Waals surface area contributed by atoms with E-state index < -0.39 is 21.7 Å². The molecule has 0 fully saturated rings. The van der Waals surface area contributed by atoms with E-state index in [0.29, 0.717) is 11.3 Å². The van der Waals surface area contributed by atoms with Gasteiger partial charge in [0.2, 0.25) is 14.9 Å². The maximum absolute atomic E-state index is 12.5. The number of benzene rings is 2. The van der Waals surface area contributed by atoms with Gasteiger partial charge in [-0.15, -0.1) is 0 Å². The summed E-state index contributed by atoms with van der Waals surface area (Å²) in [5.74, 6) is -1.26. The van der Waals surface area contributed by atoms with E-state index in [1.807, 2.05) is 0 Å². The Labute approximate surface area is 155 Å². The Balaban J connectivity index is 1.76. The quantitative estimate of drug-likeness (QED) is 0.677. The van der Waals surface area contributed by atoms with Crippen LogP contribution in [0.1, 0.15) is 20.9 Å². The molecule has 0 saturated carbocycles. The van der Waals surface area contributed by atoms with Crippen LogP contribution in [-0.4, -0.2) is 27.4 Å². The number of methoxy groups -OCH3 is 1. The minimum atomic E-state index is -3.84. The summed E-state index contributed by atoms with van der Waals surface area (Å²) in [5.41, 5.74) is 0.751. The van der Waals surface area contributed by atoms with Crippen molar-refractivity contribution in [3.8, 4) is 0 Å². The zero-order valence-electron chi connectivity index (χ0n) is 14.2. The largest absolute Gasteiger partial charge is 0.465 e. The van der Waals surface area contributed by atoms with Crippen molar-refractivity contribution in [3.63, 3.8) is 0 Å². The highest BCUT2D eigenvalue weighted by Crippen LogP contribution is 2.23. The zero-order chi connectivity index (χ0) is 19.4. The maximum atomic E-state index is 12.5. The number of sulfone groups is 1. The smallest absolute Gasteiger partial charge is 0.337 e. The van der Waals surface area contributed by atoms with E-state index in [9.17, 15) is 18.0 Å². The number of furan rings is 1. The number of anilines is 1. The van der Waals surface area contributed by atoms with Crippen molar-refractivity contribution in [3.05, 3.63) is 78.1 Å². The molecule has 3 rings (SSSR count). The second-order valence-electron chi connectivity index (χ2n) is 5.46. The molecule has 0 atom stereocenters. The van der Waals surface area contributed by atoms with Gasteiger partial charge < -0.3 is 14.5 Å². The summed E-state index contributed by atoms with van der Waals surface area (Å²) in [6.45, 7) is 0. The fourth-order valence-electron chi connectivity index (χ4n) is 2.30. The van der Waals surface area contributed by atoms with Crippen LogP contribution in [0.4, 0.5) is 5.69 Å². The minimum Gasteiger partial charge on any atom is -0.465 e. The summed E-state index contributed by atoms with van der Waals surface area (Å²) >= 11 is 0. The van der Waals surface area contributed by atoms with Crippen molar-refractivity contribution in [2.24, 2.45) is 0 Å². The Bertz CT molecular complexity index is 1070. The topological polar surface area (TPSA) is 103 Å². The minimum absolute atomic E-state index is 0.0738. The first-order valence-corrected chi connectivity index (χ1v) is 9.30. The molecule has 0 unspecified atom stereocenters. The van der Waals surface area contributed by atoms with Gasteiger partial charge in [0.15, 0.2) is 5.76 Å². The van der Waals surface area contributed by atoms with Gasteiger partial charge in [-0.2, -0.15) is 0 Å². The molecule has 2 aromatic carbocycles. The van der Waals surface area contributed by atoms with Crippen LogP contribution in [0.5, 0.6) is 0 Å². The Morgan fingerprint density at radius 2 is 1.59 bits per heavy atom. The molecule has 7 nitrogen and oxygen atoms in total. The van der Waals surface area contributed by atoms with Gasteiger partial charge in [0.25, 0.3) is 5.91 Å². The molecule has 0 aliphatic rings. The fraction of sp³-hybridized carbons (Fsp3) is 0.0526. The molecular formula is C19H15NO6S. The zero-order valence-corrected chi connectivity index (χ0v) is 15.0. The summed E-state index contributed by atoms with van der Waals surface area (Å²) in [6.07, 6.45) is 0. The predicted octanol–water partition coefficient (Wildman–Crippen LogP) is 3.15. The summed E-state index contributed by atoms with van der Waals surface area (Å²) < 4.78 is 34.8. The highest BCUT2D eigenvalue weighted by molar-refractivity contribution is 7.91. The lowest BCUT2D eigenvalue weighted by Crippen LogP contribution is -2.11. The van der Waals surface area contributed by atoms with Gasteiger partial charge >= 0.3 is 5.97 Å². The molecule has 1 heterocycles. The molecule has 0 aliphatic heterocycles. The first-order chi connectivity index (χ1) is 12.9. The number of rotatable bonds is 5. The Hall–Kier alpha value is -3.39. The molecule has 0 aliphatic carbocycles. The summed E-state index contributed by atoms with van der Waals surface area (Å²) in [6, 6.07) is 16.3. The van der Waals surface area contributed by atoms with Gasteiger partial charge in [-0.1, -0.05) is 18.2 Å². The van der Waals surface area contributed by atoms with Gasteiger partial charge in [-0.05, 0) is 48.5 Å². The third-order valence-corrected chi connectivity index (χ3v) is 5.33. The lowest BCUT2D eigenvalue weighted by atomic mass is 10.2. The number of nitrogens with one attached hydrogen (secondary N) is 1. The van der Waals surface area contributed by atoms with Gasteiger partial charge in [0.05, 0.1) is 17.6 Å². The first kappa shape index (κ1) is 18.4. The monoisotopic (exact) mass is 385 g/mol. The number of carbonyl (C=O) groups is 2. The van der Waals surface area contributed by atoms with E-state index in [2.05, 4.69) is 10.1 Å². The molecule has 138 valence electrons. The lowest BCUT2D eigenvalue weighted by molar-refractivity contribution is 0.0600. The van der Waals surface area contributed by atoms with Crippen LogP contribution >= 0.6 is 0 Å². The van der Waals surface area contributed by atoms with Crippen molar-refractivity contribution < 1.29 is 27.2 Å². The van der Waals surface area contributed by atoms with Crippen molar-refractivity contribution >= 4 is 27.4 Å².